The SMILES string of the molecule is OC(c1ccc(F)c(F)c1)(c1ccc(F)c(F)c1)[C@H]1CCCN1. The Balaban J connectivity index is 2.16. The number of hydrogen-bond donors (Lipinski definition) is 2. The van der Waals surface area contributed by atoms with Gasteiger partial charge in [-0.15, -0.1) is 0 Å². The topological polar surface area (TPSA) is 32.3 Å². The second-order valence-corrected chi connectivity index (χ2v) is 5.67. The molecule has 0 bridgehead atoms. The molecule has 1 atom stereocenters. The minimum Gasteiger partial charge on any atom is -0.379 e. The number of nitrogens with one attached hydrogen (secondary N) is 1. The van der Waals surface area contributed by atoms with E-state index >= 15 is 0 Å². The van der Waals surface area contributed by atoms with Gasteiger partial charge < -0.3 is 10.4 Å². The molecule has 0 amide bonds. The summed E-state index contributed by atoms with van der Waals surface area (Å²) in [6.07, 6.45) is 1.34. The quantitative estimate of drug-likeness (QED) is 0.849. The zero-order valence-electron chi connectivity index (χ0n) is 12.1. The Morgan fingerprint density at radius 3 is 1.78 bits per heavy atom. The van der Waals surface area contributed by atoms with Gasteiger partial charge in [-0.2, -0.15) is 0 Å². The Morgan fingerprint density at radius 1 is 0.870 bits per heavy atom. The van der Waals surface area contributed by atoms with Crippen LogP contribution in [-0.2, 0) is 5.60 Å². The molecule has 2 N–H and O–H groups in total. The Hall–Kier alpha value is -1.92. The number of hydrogen-bond acceptors (Lipinski definition) is 2. The van der Waals surface area contributed by atoms with Gasteiger partial charge in [0.1, 0.15) is 5.60 Å². The Labute approximate surface area is 130 Å². The molecule has 1 saturated heterocycles. The number of halogens is 4. The van der Waals surface area contributed by atoms with Crippen LogP contribution < -0.4 is 5.32 Å². The minimum absolute atomic E-state index is 0.0850. The van der Waals surface area contributed by atoms with Crippen molar-refractivity contribution in [3.05, 3.63) is 70.8 Å². The summed E-state index contributed by atoms with van der Waals surface area (Å²) < 4.78 is 53.6. The lowest BCUT2D eigenvalue weighted by Gasteiger charge is -2.35. The van der Waals surface area contributed by atoms with Crippen LogP contribution in [0.5, 0.6) is 0 Å². The molecule has 1 aliphatic rings. The van der Waals surface area contributed by atoms with Crippen LogP contribution in [0.2, 0.25) is 0 Å². The van der Waals surface area contributed by atoms with Gasteiger partial charge in [0, 0.05) is 6.04 Å². The lowest BCUT2D eigenvalue weighted by Crippen LogP contribution is -2.46. The highest BCUT2D eigenvalue weighted by Gasteiger charge is 2.42. The van der Waals surface area contributed by atoms with Gasteiger partial charge in [-0.1, -0.05) is 12.1 Å². The average Bonchev–Trinajstić information content (AvgIpc) is 3.07. The average molecular weight is 325 g/mol. The van der Waals surface area contributed by atoms with Crippen molar-refractivity contribution in [1.82, 2.24) is 5.32 Å². The van der Waals surface area contributed by atoms with Crippen molar-refractivity contribution in [3.8, 4) is 0 Å². The van der Waals surface area contributed by atoms with Crippen LogP contribution >= 0.6 is 0 Å². The molecule has 2 aromatic rings. The fourth-order valence-corrected chi connectivity index (χ4v) is 3.08. The fraction of sp³-hybridized carbons (Fsp3) is 0.294. The van der Waals surface area contributed by atoms with Crippen LogP contribution in [0.25, 0.3) is 0 Å². The minimum atomic E-state index is -1.79. The molecule has 1 aliphatic heterocycles. The molecular formula is C17H15F4NO. The maximum absolute atomic E-state index is 13.6. The van der Waals surface area contributed by atoms with Crippen molar-refractivity contribution >= 4 is 0 Å². The molecule has 0 spiro atoms. The van der Waals surface area contributed by atoms with E-state index < -0.39 is 34.9 Å². The molecule has 6 heteroatoms. The van der Waals surface area contributed by atoms with E-state index in [4.69, 9.17) is 0 Å². The third kappa shape index (κ3) is 2.72. The third-order valence-electron chi connectivity index (χ3n) is 4.28. The molecular weight excluding hydrogens is 310 g/mol. The molecule has 122 valence electrons. The molecule has 0 aliphatic carbocycles. The summed E-state index contributed by atoms with van der Waals surface area (Å²) >= 11 is 0. The van der Waals surface area contributed by atoms with E-state index in [1.54, 1.807) is 0 Å². The first kappa shape index (κ1) is 16.0. The second-order valence-electron chi connectivity index (χ2n) is 5.67. The van der Waals surface area contributed by atoms with Crippen LogP contribution in [0.1, 0.15) is 24.0 Å². The summed E-state index contributed by atoms with van der Waals surface area (Å²) in [4.78, 5) is 0. The molecule has 1 heterocycles. The van der Waals surface area contributed by atoms with Gasteiger partial charge in [0.2, 0.25) is 0 Å². The van der Waals surface area contributed by atoms with E-state index in [-0.39, 0.29) is 11.1 Å². The van der Waals surface area contributed by atoms with Crippen LogP contribution in [0, 0.1) is 23.3 Å². The summed E-state index contributed by atoms with van der Waals surface area (Å²) in [7, 11) is 0. The lowest BCUT2D eigenvalue weighted by molar-refractivity contribution is 0.0434. The summed E-state index contributed by atoms with van der Waals surface area (Å²) in [6.45, 7) is 0.639. The van der Waals surface area contributed by atoms with E-state index in [1.165, 1.54) is 12.1 Å². The Kier molecular flexibility index (Phi) is 4.12. The van der Waals surface area contributed by atoms with Gasteiger partial charge >= 0.3 is 0 Å². The van der Waals surface area contributed by atoms with Crippen LogP contribution in [0.15, 0.2) is 36.4 Å². The highest BCUT2D eigenvalue weighted by Crippen LogP contribution is 2.37. The van der Waals surface area contributed by atoms with Crippen molar-refractivity contribution in [1.29, 1.82) is 0 Å². The maximum atomic E-state index is 13.6. The summed E-state index contributed by atoms with van der Waals surface area (Å²) in [6, 6.07) is 5.57. The number of benzene rings is 2. The Bertz CT molecular complexity index is 677. The van der Waals surface area contributed by atoms with Crippen molar-refractivity contribution < 1.29 is 22.7 Å². The first-order valence-corrected chi connectivity index (χ1v) is 7.29. The molecule has 1 fully saturated rings. The maximum Gasteiger partial charge on any atom is 0.159 e. The van der Waals surface area contributed by atoms with Crippen LogP contribution in [0.4, 0.5) is 17.6 Å². The van der Waals surface area contributed by atoms with E-state index in [2.05, 4.69) is 5.32 Å². The predicted octanol–water partition coefficient (Wildman–Crippen LogP) is 3.23. The standard InChI is InChI=1S/C17H15F4NO/c18-12-5-3-10(8-14(12)20)17(23,16-2-1-7-22-16)11-4-6-13(19)15(21)9-11/h3-6,8-9,16,22-23H,1-2,7H2/t16-/m1/s1. The number of aliphatic hydroxyl groups is 1. The van der Waals surface area contributed by atoms with Crippen molar-refractivity contribution in [3.63, 3.8) is 0 Å². The zero-order valence-corrected chi connectivity index (χ0v) is 12.1. The Morgan fingerprint density at radius 2 is 1.39 bits per heavy atom. The van der Waals surface area contributed by atoms with Gasteiger partial charge in [-0.25, -0.2) is 17.6 Å². The first-order valence-electron chi connectivity index (χ1n) is 7.29. The zero-order chi connectivity index (χ0) is 16.6. The summed E-state index contributed by atoms with van der Waals surface area (Å²) in [5.74, 6) is -4.30. The highest BCUT2D eigenvalue weighted by atomic mass is 19.2. The lowest BCUT2D eigenvalue weighted by atomic mass is 9.79. The predicted molar refractivity (Wildman–Crippen MR) is 76.7 cm³/mol. The van der Waals surface area contributed by atoms with Crippen molar-refractivity contribution in [2.24, 2.45) is 0 Å². The van der Waals surface area contributed by atoms with E-state index in [1.807, 2.05) is 0 Å². The number of rotatable bonds is 3. The van der Waals surface area contributed by atoms with Crippen LogP contribution in [-0.4, -0.2) is 17.7 Å². The molecule has 0 saturated carbocycles. The molecule has 0 radical (unpaired) electrons. The van der Waals surface area contributed by atoms with E-state index in [0.717, 1.165) is 30.7 Å². The molecule has 2 aromatic carbocycles. The molecule has 23 heavy (non-hydrogen) atoms. The fourth-order valence-electron chi connectivity index (χ4n) is 3.08. The molecule has 0 aromatic heterocycles. The van der Waals surface area contributed by atoms with Crippen LogP contribution in [0.3, 0.4) is 0 Å². The van der Waals surface area contributed by atoms with Gasteiger partial charge in [0.25, 0.3) is 0 Å². The van der Waals surface area contributed by atoms with Crippen molar-refractivity contribution in [2.75, 3.05) is 6.54 Å². The van der Waals surface area contributed by atoms with Gasteiger partial charge in [0.15, 0.2) is 23.3 Å². The summed E-state index contributed by atoms with van der Waals surface area (Å²) in [5, 5.41) is 14.3. The molecule has 3 rings (SSSR count). The molecule has 2 nitrogen and oxygen atoms in total. The van der Waals surface area contributed by atoms with Gasteiger partial charge in [0.05, 0.1) is 0 Å². The normalized spacial score (nSPS) is 18.4. The first-order chi connectivity index (χ1) is 10.9. The molecule has 0 unspecified atom stereocenters. The highest BCUT2D eigenvalue weighted by molar-refractivity contribution is 5.39. The largest absolute Gasteiger partial charge is 0.379 e. The van der Waals surface area contributed by atoms with E-state index in [0.29, 0.717) is 13.0 Å². The monoisotopic (exact) mass is 325 g/mol. The summed E-state index contributed by atoms with van der Waals surface area (Å²) in [5.41, 5.74) is -1.62. The van der Waals surface area contributed by atoms with Gasteiger partial charge in [-0.05, 0) is 54.8 Å². The smallest absolute Gasteiger partial charge is 0.159 e. The second kappa shape index (κ2) is 5.94. The third-order valence-corrected chi connectivity index (χ3v) is 4.28. The van der Waals surface area contributed by atoms with Crippen molar-refractivity contribution in [2.45, 2.75) is 24.5 Å². The van der Waals surface area contributed by atoms with E-state index in [9.17, 15) is 22.7 Å². The van der Waals surface area contributed by atoms with Gasteiger partial charge in [-0.3, -0.25) is 0 Å².